The fourth-order valence-corrected chi connectivity index (χ4v) is 1.22. The predicted octanol–water partition coefficient (Wildman–Crippen LogP) is 0.421. The number of hydrogen-bond donors (Lipinski definition) is 1. The van der Waals surface area contributed by atoms with Crippen LogP contribution in [-0.2, 0) is 0 Å². The van der Waals surface area contributed by atoms with Crippen molar-refractivity contribution < 1.29 is 9.90 Å². The SMILES string of the molecule is CN(C)CCN(C)C(=O)c1ccncc1O. The summed E-state index contributed by atoms with van der Waals surface area (Å²) < 4.78 is 0. The first kappa shape index (κ1) is 12.4. The first-order valence-corrected chi connectivity index (χ1v) is 5.05. The van der Waals surface area contributed by atoms with Crippen LogP contribution in [0.5, 0.6) is 5.75 Å². The molecule has 0 aliphatic carbocycles. The largest absolute Gasteiger partial charge is 0.505 e. The Bertz CT molecular complexity index is 366. The number of carbonyl (C=O) groups is 1. The monoisotopic (exact) mass is 223 g/mol. The second-order valence-corrected chi connectivity index (χ2v) is 3.92. The molecule has 1 aromatic rings. The average molecular weight is 223 g/mol. The van der Waals surface area contributed by atoms with E-state index < -0.39 is 0 Å². The highest BCUT2D eigenvalue weighted by molar-refractivity contribution is 5.96. The van der Waals surface area contributed by atoms with Crippen LogP contribution in [0, 0.1) is 0 Å². The third kappa shape index (κ3) is 3.20. The molecule has 0 radical (unpaired) electrons. The molecule has 5 nitrogen and oxygen atoms in total. The number of carbonyl (C=O) groups excluding carboxylic acids is 1. The lowest BCUT2D eigenvalue weighted by atomic mass is 10.2. The number of likely N-dealkylation sites (N-methyl/N-ethyl adjacent to an activating group) is 2. The fraction of sp³-hybridized carbons (Fsp3) is 0.455. The molecule has 5 heteroatoms. The van der Waals surface area contributed by atoms with Crippen LogP contribution in [0.1, 0.15) is 10.4 Å². The summed E-state index contributed by atoms with van der Waals surface area (Å²) in [6, 6.07) is 1.52. The maximum absolute atomic E-state index is 11.9. The van der Waals surface area contributed by atoms with Gasteiger partial charge in [-0.25, -0.2) is 0 Å². The van der Waals surface area contributed by atoms with Crippen molar-refractivity contribution in [2.24, 2.45) is 0 Å². The van der Waals surface area contributed by atoms with Gasteiger partial charge in [0.25, 0.3) is 5.91 Å². The third-order valence-electron chi connectivity index (χ3n) is 2.26. The number of amides is 1. The molecule has 1 amide bonds. The summed E-state index contributed by atoms with van der Waals surface area (Å²) in [6.07, 6.45) is 2.76. The minimum Gasteiger partial charge on any atom is -0.505 e. The van der Waals surface area contributed by atoms with Gasteiger partial charge in [0.2, 0.25) is 0 Å². The minimum atomic E-state index is -0.193. The van der Waals surface area contributed by atoms with Crippen molar-refractivity contribution in [1.82, 2.24) is 14.8 Å². The van der Waals surface area contributed by atoms with Crippen LogP contribution >= 0.6 is 0 Å². The molecule has 1 heterocycles. The average Bonchev–Trinajstić information content (AvgIpc) is 2.25. The molecule has 0 atom stereocenters. The fourth-order valence-electron chi connectivity index (χ4n) is 1.22. The Labute approximate surface area is 95.3 Å². The standard InChI is InChI=1S/C11H17N3O2/c1-13(2)6-7-14(3)11(16)9-4-5-12-8-10(9)15/h4-5,8,15H,6-7H2,1-3H3. The van der Waals surface area contributed by atoms with Gasteiger partial charge in [0.1, 0.15) is 5.75 Å². The van der Waals surface area contributed by atoms with Crippen molar-refractivity contribution in [3.05, 3.63) is 24.0 Å². The van der Waals surface area contributed by atoms with Crippen LogP contribution in [0.15, 0.2) is 18.5 Å². The Balaban J connectivity index is 2.67. The van der Waals surface area contributed by atoms with E-state index in [0.717, 1.165) is 6.54 Å². The quantitative estimate of drug-likeness (QED) is 0.803. The van der Waals surface area contributed by atoms with Crippen LogP contribution in [0.3, 0.4) is 0 Å². The Kier molecular flexibility index (Phi) is 4.25. The summed E-state index contributed by atoms with van der Waals surface area (Å²) in [7, 11) is 5.61. The van der Waals surface area contributed by atoms with Gasteiger partial charge in [-0.2, -0.15) is 0 Å². The molecule has 1 rings (SSSR count). The Morgan fingerprint density at radius 1 is 1.38 bits per heavy atom. The van der Waals surface area contributed by atoms with Crippen LogP contribution in [-0.4, -0.2) is 60.0 Å². The zero-order valence-corrected chi connectivity index (χ0v) is 9.84. The van der Waals surface area contributed by atoms with Crippen LogP contribution < -0.4 is 0 Å². The molecule has 0 unspecified atom stereocenters. The van der Waals surface area contributed by atoms with Crippen molar-refractivity contribution in [1.29, 1.82) is 0 Å². The van der Waals surface area contributed by atoms with E-state index in [4.69, 9.17) is 0 Å². The normalized spacial score (nSPS) is 10.5. The first-order chi connectivity index (χ1) is 7.52. The zero-order valence-electron chi connectivity index (χ0n) is 9.84. The molecule has 16 heavy (non-hydrogen) atoms. The number of hydrogen-bond acceptors (Lipinski definition) is 4. The van der Waals surface area contributed by atoms with Crippen molar-refractivity contribution in [3.63, 3.8) is 0 Å². The van der Waals surface area contributed by atoms with E-state index in [1.165, 1.54) is 18.5 Å². The van der Waals surface area contributed by atoms with Gasteiger partial charge in [-0.05, 0) is 20.2 Å². The highest BCUT2D eigenvalue weighted by Crippen LogP contribution is 2.15. The molecule has 0 bridgehead atoms. The summed E-state index contributed by atoms with van der Waals surface area (Å²) in [5.74, 6) is -0.272. The molecule has 0 aliphatic heterocycles. The second kappa shape index (κ2) is 5.46. The van der Waals surface area contributed by atoms with Gasteiger partial charge in [0.05, 0.1) is 11.8 Å². The summed E-state index contributed by atoms with van der Waals surface area (Å²) in [6.45, 7) is 1.40. The molecule has 1 N–H and O–H groups in total. The van der Waals surface area contributed by atoms with Crippen LogP contribution in [0.25, 0.3) is 0 Å². The van der Waals surface area contributed by atoms with Crippen molar-refractivity contribution in [2.75, 3.05) is 34.2 Å². The highest BCUT2D eigenvalue weighted by atomic mass is 16.3. The van der Waals surface area contributed by atoms with E-state index in [1.54, 1.807) is 11.9 Å². The number of aromatic nitrogens is 1. The molecular formula is C11H17N3O2. The topological polar surface area (TPSA) is 56.7 Å². The van der Waals surface area contributed by atoms with Crippen molar-refractivity contribution in [3.8, 4) is 5.75 Å². The van der Waals surface area contributed by atoms with E-state index >= 15 is 0 Å². The van der Waals surface area contributed by atoms with E-state index in [2.05, 4.69) is 4.98 Å². The molecule has 0 spiro atoms. The van der Waals surface area contributed by atoms with Gasteiger partial charge in [0.15, 0.2) is 0 Å². The lowest BCUT2D eigenvalue weighted by Crippen LogP contribution is -2.33. The lowest BCUT2D eigenvalue weighted by Gasteiger charge is -2.19. The maximum atomic E-state index is 11.9. The lowest BCUT2D eigenvalue weighted by molar-refractivity contribution is 0.0783. The van der Waals surface area contributed by atoms with Crippen LogP contribution in [0.2, 0.25) is 0 Å². The van der Waals surface area contributed by atoms with Crippen molar-refractivity contribution >= 4 is 5.91 Å². The van der Waals surface area contributed by atoms with Gasteiger partial charge < -0.3 is 14.9 Å². The van der Waals surface area contributed by atoms with Gasteiger partial charge >= 0.3 is 0 Å². The number of pyridine rings is 1. The summed E-state index contributed by atoms with van der Waals surface area (Å²) in [5.41, 5.74) is 0.288. The summed E-state index contributed by atoms with van der Waals surface area (Å²) >= 11 is 0. The summed E-state index contributed by atoms with van der Waals surface area (Å²) in [5, 5.41) is 9.49. The number of aromatic hydroxyl groups is 1. The molecule has 0 fully saturated rings. The van der Waals surface area contributed by atoms with Gasteiger partial charge in [-0.15, -0.1) is 0 Å². The molecule has 0 aromatic carbocycles. The van der Waals surface area contributed by atoms with Gasteiger partial charge in [-0.1, -0.05) is 0 Å². The second-order valence-electron chi connectivity index (χ2n) is 3.92. The molecule has 0 saturated heterocycles. The van der Waals surface area contributed by atoms with Gasteiger partial charge in [-0.3, -0.25) is 9.78 Å². The van der Waals surface area contributed by atoms with E-state index in [-0.39, 0.29) is 17.2 Å². The Morgan fingerprint density at radius 2 is 2.06 bits per heavy atom. The Hall–Kier alpha value is -1.62. The van der Waals surface area contributed by atoms with Crippen molar-refractivity contribution in [2.45, 2.75) is 0 Å². The Morgan fingerprint density at radius 3 is 2.62 bits per heavy atom. The predicted molar refractivity (Wildman–Crippen MR) is 61.4 cm³/mol. The zero-order chi connectivity index (χ0) is 12.1. The van der Waals surface area contributed by atoms with Crippen LogP contribution in [0.4, 0.5) is 0 Å². The van der Waals surface area contributed by atoms with E-state index in [0.29, 0.717) is 6.54 Å². The number of rotatable bonds is 4. The number of nitrogens with zero attached hydrogens (tertiary/aromatic N) is 3. The molecular weight excluding hydrogens is 206 g/mol. The van der Waals surface area contributed by atoms with Gasteiger partial charge in [0, 0.05) is 26.3 Å². The smallest absolute Gasteiger partial charge is 0.257 e. The highest BCUT2D eigenvalue weighted by Gasteiger charge is 2.15. The minimum absolute atomic E-state index is 0.0794. The molecule has 88 valence electrons. The first-order valence-electron chi connectivity index (χ1n) is 5.05. The maximum Gasteiger partial charge on any atom is 0.257 e. The molecule has 0 aliphatic rings. The molecule has 1 aromatic heterocycles. The third-order valence-corrected chi connectivity index (χ3v) is 2.26. The van der Waals surface area contributed by atoms with E-state index in [1.807, 2.05) is 19.0 Å². The molecule has 0 saturated carbocycles. The van der Waals surface area contributed by atoms with E-state index in [9.17, 15) is 9.90 Å². The summed E-state index contributed by atoms with van der Waals surface area (Å²) in [4.78, 5) is 19.2.